The van der Waals surface area contributed by atoms with Crippen LogP contribution in [0.3, 0.4) is 0 Å². The summed E-state index contributed by atoms with van der Waals surface area (Å²) in [6.07, 6.45) is 0. The standard InChI is InChI=1S/C19H18BrNO5/c1-4-26-19(25)15-10(2)8-14(18(23)24)16(11(15)3)17(22)21-13-7-5-6-12(20)9-13/h5-9H,4H2,1-3H3,(H,21,22)(H,23,24). The number of carbonyl (C=O) groups excluding carboxylic acids is 2. The first-order valence-corrected chi connectivity index (χ1v) is 8.67. The SMILES string of the molecule is CCOC(=O)c1c(C)cc(C(=O)O)c(C(=O)Nc2cccc(Br)c2)c1C. The van der Waals surface area contributed by atoms with E-state index in [1.54, 1.807) is 45.0 Å². The highest BCUT2D eigenvalue weighted by Gasteiger charge is 2.26. The van der Waals surface area contributed by atoms with E-state index >= 15 is 0 Å². The Hall–Kier alpha value is -2.67. The Morgan fingerprint density at radius 1 is 1.15 bits per heavy atom. The van der Waals surface area contributed by atoms with Crippen molar-refractivity contribution in [1.82, 2.24) is 0 Å². The molecule has 2 aromatic rings. The molecule has 2 rings (SSSR count). The number of hydrogen-bond acceptors (Lipinski definition) is 4. The molecule has 2 N–H and O–H groups in total. The number of carbonyl (C=O) groups is 3. The molecule has 136 valence electrons. The normalized spacial score (nSPS) is 10.3. The zero-order valence-electron chi connectivity index (χ0n) is 14.6. The highest BCUT2D eigenvalue weighted by Crippen LogP contribution is 2.25. The van der Waals surface area contributed by atoms with Crippen molar-refractivity contribution in [3.8, 4) is 0 Å². The number of hydrogen-bond donors (Lipinski definition) is 2. The van der Waals surface area contributed by atoms with E-state index in [4.69, 9.17) is 4.74 Å². The van der Waals surface area contributed by atoms with E-state index in [9.17, 15) is 19.5 Å². The molecule has 0 spiro atoms. The molecular weight excluding hydrogens is 402 g/mol. The summed E-state index contributed by atoms with van der Waals surface area (Å²) >= 11 is 3.31. The number of rotatable bonds is 5. The molecule has 0 aliphatic carbocycles. The number of carboxylic acid groups (broad SMARTS) is 1. The van der Waals surface area contributed by atoms with E-state index in [1.165, 1.54) is 6.07 Å². The van der Waals surface area contributed by atoms with Gasteiger partial charge in [-0.05, 0) is 56.2 Å². The van der Waals surface area contributed by atoms with Crippen LogP contribution in [-0.4, -0.2) is 29.6 Å². The molecule has 0 fully saturated rings. The van der Waals surface area contributed by atoms with E-state index in [-0.39, 0.29) is 28.9 Å². The van der Waals surface area contributed by atoms with Crippen LogP contribution in [-0.2, 0) is 4.74 Å². The van der Waals surface area contributed by atoms with Crippen LogP contribution in [0.15, 0.2) is 34.8 Å². The average molecular weight is 420 g/mol. The van der Waals surface area contributed by atoms with Gasteiger partial charge in [0.05, 0.1) is 23.3 Å². The van der Waals surface area contributed by atoms with E-state index in [1.807, 2.05) is 0 Å². The van der Waals surface area contributed by atoms with Crippen LogP contribution in [0.2, 0.25) is 0 Å². The molecule has 0 aliphatic heterocycles. The maximum atomic E-state index is 12.8. The Bertz CT molecular complexity index is 892. The number of anilines is 1. The van der Waals surface area contributed by atoms with E-state index in [0.717, 1.165) is 4.47 Å². The van der Waals surface area contributed by atoms with Crippen molar-refractivity contribution in [1.29, 1.82) is 0 Å². The summed E-state index contributed by atoms with van der Waals surface area (Å²) in [6.45, 7) is 5.01. The summed E-state index contributed by atoms with van der Waals surface area (Å²) in [5, 5.41) is 12.2. The maximum Gasteiger partial charge on any atom is 0.338 e. The molecule has 0 bridgehead atoms. The Morgan fingerprint density at radius 3 is 2.42 bits per heavy atom. The predicted molar refractivity (Wildman–Crippen MR) is 101 cm³/mol. The van der Waals surface area contributed by atoms with Gasteiger partial charge in [-0.1, -0.05) is 22.0 Å². The van der Waals surface area contributed by atoms with Gasteiger partial charge in [0.1, 0.15) is 0 Å². The smallest absolute Gasteiger partial charge is 0.338 e. The van der Waals surface area contributed by atoms with Gasteiger partial charge in [0.15, 0.2) is 0 Å². The summed E-state index contributed by atoms with van der Waals surface area (Å²) in [7, 11) is 0. The summed E-state index contributed by atoms with van der Waals surface area (Å²) < 4.78 is 5.80. The first-order valence-electron chi connectivity index (χ1n) is 7.87. The van der Waals surface area contributed by atoms with Crippen molar-refractivity contribution >= 4 is 39.5 Å². The van der Waals surface area contributed by atoms with Crippen molar-refractivity contribution in [2.24, 2.45) is 0 Å². The topological polar surface area (TPSA) is 92.7 Å². The number of esters is 1. The van der Waals surface area contributed by atoms with Crippen molar-refractivity contribution < 1.29 is 24.2 Å². The molecule has 2 aromatic carbocycles. The molecule has 0 saturated heterocycles. The van der Waals surface area contributed by atoms with Gasteiger partial charge in [0, 0.05) is 10.2 Å². The second-order valence-corrected chi connectivity index (χ2v) is 6.52. The highest BCUT2D eigenvalue weighted by molar-refractivity contribution is 9.10. The van der Waals surface area contributed by atoms with Gasteiger partial charge in [-0.2, -0.15) is 0 Å². The number of amides is 1. The molecule has 0 heterocycles. The van der Waals surface area contributed by atoms with Crippen molar-refractivity contribution in [3.63, 3.8) is 0 Å². The minimum absolute atomic E-state index is 0.0638. The van der Waals surface area contributed by atoms with Crippen molar-refractivity contribution in [2.45, 2.75) is 20.8 Å². The third-order valence-corrected chi connectivity index (χ3v) is 4.29. The van der Waals surface area contributed by atoms with Gasteiger partial charge in [-0.15, -0.1) is 0 Å². The lowest BCUT2D eigenvalue weighted by Gasteiger charge is -2.16. The maximum absolute atomic E-state index is 12.8. The molecule has 6 nitrogen and oxygen atoms in total. The van der Waals surface area contributed by atoms with E-state index < -0.39 is 17.8 Å². The third kappa shape index (κ3) is 4.11. The van der Waals surface area contributed by atoms with Crippen LogP contribution in [0.1, 0.15) is 49.1 Å². The number of carboxylic acids is 1. The summed E-state index contributed by atoms with van der Waals surface area (Å²) in [6, 6.07) is 8.22. The highest BCUT2D eigenvalue weighted by atomic mass is 79.9. The van der Waals surface area contributed by atoms with E-state index in [2.05, 4.69) is 21.2 Å². The lowest BCUT2D eigenvalue weighted by molar-refractivity contribution is 0.0523. The van der Waals surface area contributed by atoms with Crippen LogP contribution < -0.4 is 5.32 Å². The molecule has 26 heavy (non-hydrogen) atoms. The number of ether oxygens (including phenoxy) is 1. The van der Waals surface area contributed by atoms with Gasteiger partial charge in [-0.3, -0.25) is 4.79 Å². The first kappa shape index (κ1) is 19.7. The minimum Gasteiger partial charge on any atom is -0.478 e. The van der Waals surface area contributed by atoms with Gasteiger partial charge in [0.2, 0.25) is 0 Å². The Labute approximate surface area is 159 Å². The molecule has 0 radical (unpaired) electrons. The molecular formula is C19H18BrNO5. The quantitative estimate of drug-likeness (QED) is 0.708. The molecule has 0 saturated carbocycles. The van der Waals surface area contributed by atoms with Crippen LogP contribution in [0.25, 0.3) is 0 Å². The van der Waals surface area contributed by atoms with Gasteiger partial charge in [0.25, 0.3) is 5.91 Å². The first-order chi connectivity index (χ1) is 12.3. The van der Waals surface area contributed by atoms with Gasteiger partial charge < -0.3 is 15.2 Å². The zero-order valence-corrected chi connectivity index (χ0v) is 16.1. The summed E-state index contributed by atoms with van der Waals surface area (Å²) in [4.78, 5) is 36.7. The minimum atomic E-state index is -1.24. The van der Waals surface area contributed by atoms with Crippen LogP contribution in [0.4, 0.5) is 5.69 Å². The number of aryl methyl sites for hydroxylation is 1. The number of benzene rings is 2. The lowest BCUT2D eigenvalue weighted by Crippen LogP contribution is -2.21. The van der Waals surface area contributed by atoms with Crippen LogP contribution in [0, 0.1) is 13.8 Å². The predicted octanol–water partition coefficient (Wildman–Crippen LogP) is 4.19. The third-order valence-electron chi connectivity index (χ3n) is 3.79. The fraction of sp³-hybridized carbons (Fsp3) is 0.211. The fourth-order valence-electron chi connectivity index (χ4n) is 2.72. The molecule has 0 aromatic heterocycles. The molecule has 0 unspecified atom stereocenters. The van der Waals surface area contributed by atoms with Crippen molar-refractivity contribution in [3.05, 3.63) is 62.6 Å². The Morgan fingerprint density at radius 2 is 1.85 bits per heavy atom. The lowest BCUT2D eigenvalue weighted by atomic mass is 9.92. The van der Waals surface area contributed by atoms with Gasteiger partial charge in [-0.25, -0.2) is 9.59 Å². The average Bonchev–Trinajstić information content (AvgIpc) is 2.54. The fourth-order valence-corrected chi connectivity index (χ4v) is 3.12. The Balaban J connectivity index is 2.57. The number of halogens is 1. The second-order valence-electron chi connectivity index (χ2n) is 5.61. The largest absolute Gasteiger partial charge is 0.478 e. The van der Waals surface area contributed by atoms with Crippen LogP contribution >= 0.6 is 15.9 Å². The summed E-state index contributed by atoms with van der Waals surface area (Å²) in [5.41, 5.74) is 1.19. The van der Waals surface area contributed by atoms with Crippen molar-refractivity contribution in [2.75, 3.05) is 11.9 Å². The van der Waals surface area contributed by atoms with Gasteiger partial charge >= 0.3 is 11.9 Å². The Kier molecular flexibility index (Phi) is 6.15. The molecule has 0 aliphatic rings. The molecule has 7 heteroatoms. The van der Waals surface area contributed by atoms with Crippen LogP contribution in [0.5, 0.6) is 0 Å². The zero-order chi connectivity index (χ0) is 19.4. The monoisotopic (exact) mass is 419 g/mol. The number of aromatic carboxylic acids is 1. The van der Waals surface area contributed by atoms with E-state index in [0.29, 0.717) is 11.3 Å². The number of nitrogens with one attached hydrogen (secondary N) is 1. The summed E-state index contributed by atoms with van der Waals surface area (Å²) in [5.74, 6) is -2.44. The second kappa shape index (κ2) is 8.14. The molecule has 0 atom stereocenters. The molecule has 1 amide bonds.